The van der Waals surface area contributed by atoms with Gasteiger partial charge in [0.15, 0.2) is 5.82 Å². The number of aromatic nitrogens is 6. The van der Waals surface area contributed by atoms with Gasteiger partial charge in [0.2, 0.25) is 5.82 Å². The van der Waals surface area contributed by atoms with Crippen molar-refractivity contribution in [2.24, 2.45) is 0 Å². The van der Waals surface area contributed by atoms with Gasteiger partial charge >= 0.3 is 11.9 Å². The standard InChI is InChI=1S/C27H17ClF3N7O2S/c28-18-4-2-1-3-16(18)21-10-19-23(41-21)24(39)38(26(40)33-19)20-12-32-11-14-5-6-15(9-17(14)20)36-7-8-37-22(13-36)34-35-25(37)27(29,30)31/h1-6,9-12H,7-8,13H2,(H,33,40). The molecule has 0 aliphatic carbocycles. The van der Waals surface area contributed by atoms with E-state index in [1.807, 2.05) is 29.2 Å². The first-order valence-electron chi connectivity index (χ1n) is 12.3. The number of nitrogens with zero attached hydrogens (tertiary/aromatic N) is 6. The Labute approximate surface area is 237 Å². The molecular formula is C27H17ClF3N7O2S. The predicted octanol–water partition coefficient (Wildman–Crippen LogP) is 5.24. The van der Waals surface area contributed by atoms with Gasteiger partial charge in [-0.25, -0.2) is 9.36 Å². The minimum absolute atomic E-state index is 0.0559. The Bertz CT molecular complexity index is 2110. The molecule has 1 aliphatic rings. The molecule has 0 bridgehead atoms. The Morgan fingerprint density at radius 2 is 1.83 bits per heavy atom. The van der Waals surface area contributed by atoms with Gasteiger partial charge in [0.1, 0.15) is 4.70 Å². The normalized spacial score (nSPS) is 13.7. The number of alkyl halides is 3. The van der Waals surface area contributed by atoms with Crippen molar-refractivity contribution in [2.75, 3.05) is 11.4 Å². The molecular weight excluding hydrogens is 579 g/mol. The van der Waals surface area contributed by atoms with Crippen LogP contribution in [0.5, 0.6) is 0 Å². The lowest BCUT2D eigenvalue weighted by molar-refractivity contribution is -0.147. The van der Waals surface area contributed by atoms with E-state index in [1.165, 1.54) is 17.5 Å². The average molecular weight is 596 g/mol. The maximum Gasteiger partial charge on any atom is 0.451 e. The van der Waals surface area contributed by atoms with Gasteiger partial charge in [-0.05, 0) is 24.3 Å². The fraction of sp³-hybridized carbons (Fsp3) is 0.148. The number of hydrogen-bond acceptors (Lipinski definition) is 7. The minimum Gasteiger partial charge on any atom is -0.362 e. The first kappa shape index (κ1) is 25.5. The lowest BCUT2D eigenvalue weighted by atomic mass is 10.1. The van der Waals surface area contributed by atoms with Gasteiger partial charge in [-0.2, -0.15) is 13.2 Å². The van der Waals surface area contributed by atoms with E-state index in [2.05, 4.69) is 20.2 Å². The molecule has 41 heavy (non-hydrogen) atoms. The molecule has 2 aromatic carbocycles. The summed E-state index contributed by atoms with van der Waals surface area (Å²) in [4.78, 5) is 36.6. The van der Waals surface area contributed by atoms with Gasteiger partial charge in [-0.3, -0.25) is 9.78 Å². The van der Waals surface area contributed by atoms with E-state index in [0.29, 0.717) is 31.7 Å². The molecule has 14 heteroatoms. The third-order valence-corrected chi connectivity index (χ3v) is 8.54. The molecule has 1 aliphatic heterocycles. The second-order valence-corrected chi connectivity index (χ2v) is 10.9. The second-order valence-electron chi connectivity index (χ2n) is 9.48. The van der Waals surface area contributed by atoms with Crippen LogP contribution in [0.15, 0.2) is 70.5 Å². The molecule has 5 heterocycles. The largest absolute Gasteiger partial charge is 0.451 e. The van der Waals surface area contributed by atoms with Crippen LogP contribution in [0, 0.1) is 0 Å². The number of nitrogens with one attached hydrogen (secondary N) is 1. The first-order valence-corrected chi connectivity index (χ1v) is 13.5. The second kappa shape index (κ2) is 9.28. The molecule has 0 atom stereocenters. The number of aromatic amines is 1. The summed E-state index contributed by atoms with van der Waals surface area (Å²) >= 11 is 7.58. The molecule has 6 aromatic rings. The molecule has 0 saturated carbocycles. The SMILES string of the molecule is O=c1[nH]c2cc(-c3ccccc3Cl)sc2c(=O)n1-c1cncc2ccc(N3CCn4c(nnc4C(F)(F)F)C3)cc12. The van der Waals surface area contributed by atoms with Crippen LogP contribution in [0.3, 0.4) is 0 Å². The van der Waals surface area contributed by atoms with Gasteiger partial charge in [-0.15, -0.1) is 21.5 Å². The van der Waals surface area contributed by atoms with E-state index in [0.717, 1.165) is 19.6 Å². The summed E-state index contributed by atoms with van der Waals surface area (Å²) in [7, 11) is 0. The highest BCUT2D eigenvalue weighted by Crippen LogP contribution is 2.35. The molecule has 9 nitrogen and oxygen atoms in total. The molecule has 0 fully saturated rings. The van der Waals surface area contributed by atoms with Crippen molar-refractivity contribution in [1.29, 1.82) is 0 Å². The zero-order valence-electron chi connectivity index (χ0n) is 20.8. The van der Waals surface area contributed by atoms with Crippen molar-refractivity contribution in [3.05, 3.63) is 98.4 Å². The number of fused-ring (bicyclic) bond motifs is 3. The highest BCUT2D eigenvalue weighted by molar-refractivity contribution is 7.22. The van der Waals surface area contributed by atoms with Crippen molar-refractivity contribution in [3.63, 3.8) is 0 Å². The maximum absolute atomic E-state index is 13.7. The Hall–Kier alpha value is -4.49. The average Bonchev–Trinajstić information content (AvgIpc) is 3.57. The zero-order valence-corrected chi connectivity index (χ0v) is 22.4. The van der Waals surface area contributed by atoms with Crippen molar-refractivity contribution >= 4 is 49.6 Å². The maximum atomic E-state index is 13.7. The molecule has 0 unspecified atom stereocenters. The van der Waals surface area contributed by atoms with Crippen LogP contribution in [0.4, 0.5) is 18.9 Å². The van der Waals surface area contributed by atoms with Gasteiger partial charge in [-0.1, -0.05) is 35.9 Å². The highest BCUT2D eigenvalue weighted by atomic mass is 35.5. The highest BCUT2D eigenvalue weighted by Gasteiger charge is 2.39. The first-order chi connectivity index (χ1) is 19.7. The number of halogens is 4. The zero-order chi connectivity index (χ0) is 28.5. The van der Waals surface area contributed by atoms with Crippen molar-refractivity contribution in [1.82, 2.24) is 29.3 Å². The van der Waals surface area contributed by atoms with Gasteiger partial charge < -0.3 is 14.5 Å². The van der Waals surface area contributed by atoms with E-state index in [1.54, 1.807) is 30.5 Å². The smallest absolute Gasteiger partial charge is 0.362 e. The Balaban J connectivity index is 1.32. The molecule has 7 rings (SSSR count). The van der Waals surface area contributed by atoms with Crippen LogP contribution in [-0.4, -0.2) is 35.8 Å². The van der Waals surface area contributed by atoms with E-state index in [-0.39, 0.29) is 31.1 Å². The van der Waals surface area contributed by atoms with Crippen LogP contribution in [0.2, 0.25) is 5.02 Å². The summed E-state index contributed by atoms with van der Waals surface area (Å²) in [6, 6.07) is 14.4. The van der Waals surface area contributed by atoms with Crippen LogP contribution in [0.1, 0.15) is 11.6 Å². The summed E-state index contributed by atoms with van der Waals surface area (Å²) in [6.07, 6.45) is -1.53. The molecule has 0 radical (unpaired) electrons. The molecule has 4 aromatic heterocycles. The van der Waals surface area contributed by atoms with Gasteiger partial charge in [0.25, 0.3) is 5.56 Å². The predicted molar refractivity (Wildman–Crippen MR) is 150 cm³/mol. The van der Waals surface area contributed by atoms with Crippen LogP contribution in [0.25, 0.3) is 37.1 Å². The number of pyridine rings is 1. The van der Waals surface area contributed by atoms with Crippen molar-refractivity contribution < 1.29 is 13.2 Å². The number of H-pyrrole nitrogens is 1. The van der Waals surface area contributed by atoms with Crippen molar-refractivity contribution in [3.8, 4) is 16.1 Å². The summed E-state index contributed by atoms with van der Waals surface area (Å²) in [5.41, 5.74) is 0.994. The molecule has 0 saturated heterocycles. The topological polar surface area (TPSA) is 102 Å². The number of benzene rings is 2. The molecule has 1 N–H and O–H groups in total. The monoisotopic (exact) mass is 595 g/mol. The third-order valence-electron chi connectivity index (χ3n) is 7.05. The lowest BCUT2D eigenvalue weighted by Crippen LogP contribution is -2.35. The lowest BCUT2D eigenvalue weighted by Gasteiger charge is -2.30. The number of thiophene rings is 1. The van der Waals surface area contributed by atoms with Crippen LogP contribution in [-0.2, 0) is 19.3 Å². The number of anilines is 1. The quantitative estimate of drug-likeness (QED) is 0.300. The summed E-state index contributed by atoms with van der Waals surface area (Å²) < 4.78 is 42.3. The van der Waals surface area contributed by atoms with E-state index in [9.17, 15) is 22.8 Å². The number of hydrogen-bond donors (Lipinski definition) is 1. The van der Waals surface area contributed by atoms with Gasteiger partial charge in [0.05, 0.1) is 23.9 Å². The fourth-order valence-corrected chi connectivity index (χ4v) is 6.50. The Morgan fingerprint density at radius 3 is 2.63 bits per heavy atom. The Kier molecular flexibility index (Phi) is 5.77. The molecule has 0 amide bonds. The van der Waals surface area contributed by atoms with Crippen LogP contribution >= 0.6 is 22.9 Å². The third kappa shape index (κ3) is 4.19. The van der Waals surface area contributed by atoms with Crippen molar-refractivity contribution in [2.45, 2.75) is 19.3 Å². The van der Waals surface area contributed by atoms with Crippen LogP contribution < -0.4 is 16.1 Å². The minimum atomic E-state index is -4.59. The number of rotatable bonds is 3. The van der Waals surface area contributed by atoms with E-state index < -0.39 is 23.2 Å². The summed E-state index contributed by atoms with van der Waals surface area (Å²) in [5, 5.41) is 8.88. The summed E-state index contributed by atoms with van der Waals surface area (Å²) in [6.45, 7) is 0.453. The van der Waals surface area contributed by atoms with Gasteiger partial charge in [0, 0.05) is 51.2 Å². The Morgan fingerprint density at radius 1 is 1.00 bits per heavy atom. The van der Waals surface area contributed by atoms with E-state index in [4.69, 9.17) is 11.6 Å². The molecule has 206 valence electrons. The fourth-order valence-electron chi connectivity index (χ4n) is 5.12. The van der Waals surface area contributed by atoms with E-state index >= 15 is 0 Å². The molecule has 0 spiro atoms. The summed E-state index contributed by atoms with van der Waals surface area (Å²) in [5.74, 6) is -0.817.